The molecule has 1 aliphatic heterocycles. The maximum absolute atomic E-state index is 5.39. The number of hydrogen-bond acceptors (Lipinski definition) is 3. The molecule has 1 aromatic heterocycles. The Morgan fingerprint density at radius 1 is 1.62 bits per heavy atom. The second kappa shape index (κ2) is 4.24. The molecule has 1 aliphatic rings. The average Bonchev–Trinajstić information content (AvgIpc) is 2.67. The highest BCUT2D eigenvalue weighted by molar-refractivity contribution is 9.08. The van der Waals surface area contributed by atoms with Crippen molar-refractivity contribution in [3.05, 3.63) is 17.5 Å². The van der Waals surface area contributed by atoms with Gasteiger partial charge in [-0.15, -0.1) is 0 Å². The van der Waals surface area contributed by atoms with Crippen LogP contribution in [0.15, 0.2) is 10.6 Å². The van der Waals surface area contributed by atoms with E-state index in [1.807, 2.05) is 6.07 Å². The van der Waals surface area contributed by atoms with Crippen molar-refractivity contribution in [2.45, 2.75) is 24.1 Å². The maximum atomic E-state index is 5.39. The highest BCUT2D eigenvalue weighted by Gasteiger charge is 2.19. The van der Waals surface area contributed by atoms with Gasteiger partial charge in [0, 0.05) is 18.6 Å². The maximum Gasteiger partial charge on any atom is 0.147 e. The molecule has 1 unspecified atom stereocenters. The van der Waals surface area contributed by atoms with Crippen LogP contribution >= 0.6 is 15.9 Å². The SMILES string of the molecule is BrCc1cc(C2CCCOC2)no1. The summed E-state index contributed by atoms with van der Waals surface area (Å²) in [6.07, 6.45) is 2.29. The van der Waals surface area contributed by atoms with Crippen LogP contribution in [-0.4, -0.2) is 18.4 Å². The Labute approximate surface area is 85.6 Å². The summed E-state index contributed by atoms with van der Waals surface area (Å²) in [6.45, 7) is 1.67. The first-order chi connectivity index (χ1) is 6.40. The molecule has 0 radical (unpaired) electrons. The standard InChI is InChI=1S/C9H12BrNO2/c10-5-8-4-9(11-13-8)7-2-1-3-12-6-7/h4,7H,1-3,5-6H2. The second-order valence-corrected chi connectivity index (χ2v) is 3.83. The van der Waals surface area contributed by atoms with Gasteiger partial charge in [-0.05, 0) is 12.8 Å². The van der Waals surface area contributed by atoms with E-state index in [0.717, 1.165) is 42.8 Å². The third-order valence-corrected chi connectivity index (χ3v) is 2.84. The van der Waals surface area contributed by atoms with Crippen LogP contribution in [0, 0.1) is 0 Å². The van der Waals surface area contributed by atoms with Gasteiger partial charge in [-0.3, -0.25) is 0 Å². The Kier molecular flexibility index (Phi) is 3.01. The number of rotatable bonds is 2. The monoisotopic (exact) mass is 245 g/mol. The van der Waals surface area contributed by atoms with Crippen LogP contribution in [0.3, 0.4) is 0 Å². The van der Waals surface area contributed by atoms with Crippen molar-refractivity contribution in [3.63, 3.8) is 0 Å². The Balaban J connectivity index is 2.05. The molecule has 2 heterocycles. The zero-order chi connectivity index (χ0) is 9.10. The lowest BCUT2D eigenvalue weighted by atomic mass is 9.99. The Morgan fingerprint density at radius 3 is 3.15 bits per heavy atom. The summed E-state index contributed by atoms with van der Waals surface area (Å²) in [5.41, 5.74) is 1.04. The smallest absolute Gasteiger partial charge is 0.147 e. The zero-order valence-electron chi connectivity index (χ0n) is 7.33. The fourth-order valence-corrected chi connectivity index (χ4v) is 1.82. The van der Waals surface area contributed by atoms with Crippen molar-refractivity contribution >= 4 is 15.9 Å². The van der Waals surface area contributed by atoms with Gasteiger partial charge < -0.3 is 9.26 Å². The first kappa shape index (κ1) is 9.21. The third-order valence-electron chi connectivity index (χ3n) is 2.29. The van der Waals surface area contributed by atoms with E-state index in [9.17, 15) is 0 Å². The summed E-state index contributed by atoms with van der Waals surface area (Å²) in [5.74, 6) is 1.32. The summed E-state index contributed by atoms with van der Waals surface area (Å²) >= 11 is 3.33. The van der Waals surface area contributed by atoms with Gasteiger partial charge in [-0.1, -0.05) is 21.1 Å². The van der Waals surface area contributed by atoms with Crippen molar-refractivity contribution in [1.29, 1.82) is 0 Å². The largest absolute Gasteiger partial charge is 0.381 e. The van der Waals surface area contributed by atoms with Crippen molar-refractivity contribution in [1.82, 2.24) is 5.16 Å². The highest BCUT2D eigenvalue weighted by atomic mass is 79.9. The molecule has 3 nitrogen and oxygen atoms in total. The predicted octanol–water partition coefficient (Wildman–Crippen LogP) is 2.46. The van der Waals surface area contributed by atoms with Gasteiger partial charge in [0.15, 0.2) is 0 Å². The van der Waals surface area contributed by atoms with Crippen LogP contribution in [-0.2, 0) is 10.1 Å². The van der Waals surface area contributed by atoms with Crippen molar-refractivity contribution < 1.29 is 9.26 Å². The molecule has 1 aromatic rings. The molecule has 0 saturated carbocycles. The molecule has 1 atom stereocenters. The minimum Gasteiger partial charge on any atom is -0.381 e. The van der Waals surface area contributed by atoms with Crippen LogP contribution < -0.4 is 0 Å². The van der Waals surface area contributed by atoms with Crippen LogP contribution in [0.1, 0.15) is 30.2 Å². The Bertz CT molecular complexity index is 268. The van der Waals surface area contributed by atoms with E-state index < -0.39 is 0 Å². The predicted molar refractivity (Wildman–Crippen MR) is 51.9 cm³/mol. The lowest BCUT2D eigenvalue weighted by Crippen LogP contribution is -2.15. The van der Waals surface area contributed by atoms with Crippen LogP contribution in [0.2, 0.25) is 0 Å². The molecule has 4 heteroatoms. The van der Waals surface area contributed by atoms with Gasteiger partial charge in [0.25, 0.3) is 0 Å². The van der Waals surface area contributed by atoms with Crippen LogP contribution in [0.4, 0.5) is 0 Å². The van der Waals surface area contributed by atoms with E-state index in [1.54, 1.807) is 0 Å². The molecule has 0 aliphatic carbocycles. The molecule has 1 fully saturated rings. The number of halogens is 1. The van der Waals surface area contributed by atoms with Gasteiger partial charge >= 0.3 is 0 Å². The lowest BCUT2D eigenvalue weighted by Gasteiger charge is -2.19. The first-order valence-electron chi connectivity index (χ1n) is 4.49. The van der Waals surface area contributed by atoms with Gasteiger partial charge in [-0.2, -0.15) is 0 Å². The topological polar surface area (TPSA) is 35.3 Å². The molecule has 0 N–H and O–H groups in total. The van der Waals surface area contributed by atoms with Crippen molar-refractivity contribution in [2.75, 3.05) is 13.2 Å². The average molecular weight is 246 g/mol. The van der Waals surface area contributed by atoms with E-state index in [0.29, 0.717) is 5.92 Å². The minimum atomic E-state index is 0.435. The number of aromatic nitrogens is 1. The summed E-state index contributed by atoms with van der Waals surface area (Å²) < 4.78 is 10.5. The van der Waals surface area contributed by atoms with Gasteiger partial charge in [0.05, 0.1) is 17.6 Å². The van der Waals surface area contributed by atoms with Crippen LogP contribution in [0.25, 0.3) is 0 Å². The quantitative estimate of drug-likeness (QED) is 0.752. The molecule has 2 rings (SSSR count). The van der Waals surface area contributed by atoms with Gasteiger partial charge in [-0.25, -0.2) is 0 Å². The fourth-order valence-electron chi connectivity index (χ4n) is 1.56. The third kappa shape index (κ3) is 2.11. The number of ether oxygens (including phenoxy) is 1. The van der Waals surface area contributed by atoms with Gasteiger partial charge in [0.1, 0.15) is 5.76 Å². The Morgan fingerprint density at radius 2 is 2.54 bits per heavy atom. The van der Waals surface area contributed by atoms with E-state index in [4.69, 9.17) is 9.26 Å². The van der Waals surface area contributed by atoms with Crippen LogP contribution in [0.5, 0.6) is 0 Å². The zero-order valence-corrected chi connectivity index (χ0v) is 8.92. The molecule has 0 bridgehead atoms. The lowest BCUT2D eigenvalue weighted by molar-refractivity contribution is 0.0783. The molecule has 0 amide bonds. The van der Waals surface area contributed by atoms with E-state index in [-0.39, 0.29) is 0 Å². The summed E-state index contributed by atoms with van der Waals surface area (Å²) in [6, 6.07) is 2.01. The van der Waals surface area contributed by atoms with Gasteiger partial charge in [0.2, 0.25) is 0 Å². The fraction of sp³-hybridized carbons (Fsp3) is 0.667. The number of nitrogens with zero attached hydrogens (tertiary/aromatic N) is 1. The Hall–Kier alpha value is -0.350. The molecule has 1 saturated heterocycles. The van der Waals surface area contributed by atoms with Crippen molar-refractivity contribution in [3.8, 4) is 0 Å². The summed E-state index contributed by atoms with van der Waals surface area (Å²) in [7, 11) is 0. The highest BCUT2D eigenvalue weighted by Crippen LogP contribution is 2.25. The van der Waals surface area contributed by atoms with Crippen molar-refractivity contribution in [2.24, 2.45) is 0 Å². The van der Waals surface area contributed by atoms with E-state index >= 15 is 0 Å². The number of alkyl halides is 1. The first-order valence-corrected chi connectivity index (χ1v) is 5.61. The summed E-state index contributed by atoms with van der Waals surface area (Å²) in [5, 5.41) is 4.76. The molecule has 0 spiro atoms. The normalized spacial score (nSPS) is 23.3. The minimum absolute atomic E-state index is 0.435. The van der Waals surface area contributed by atoms with E-state index in [1.165, 1.54) is 0 Å². The molecular weight excluding hydrogens is 234 g/mol. The molecular formula is C9H12BrNO2. The molecule has 72 valence electrons. The summed E-state index contributed by atoms with van der Waals surface area (Å²) in [4.78, 5) is 0. The second-order valence-electron chi connectivity index (χ2n) is 3.27. The molecule has 13 heavy (non-hydrogen) atoms. The van der Waals surface area contributed by atoms with E-state index in [2.05, 4.69) is 21.1 Å². The number of hydrogen-bond donors (Lipinski definition) is 0. The molecule has 0 aromatic carbocycles.